The predicted molar refractivity (Wildman–Crippen MR) is 66.5 cm³/mol. The van der Waals surface area contributed by atoms with E-state index in [1.807, 2.05) is 0 Å². The molecule has 0 spiro atoms. The summed E-state index contributed by atoms with van der Waals surface area (Å²) in [6, 6.07) is 0. The lowest BCUT2D eigenvalue weighted by atomic mass is 10.3. The minimum Gasteiger partial charge on any atom is -0.480 e. The van der Waals surface area contributed by atoms with Gasteiger partial charge in [0.25, 0.3) is 0 Å². The SMILES string of the molecule is NC(CN(CC(=O)O)CC(=O)O)N(CC(=O)O)CC(=O)O. The summed E-state index contributed by atoms with van der Waals surface area (Å²) in [5, 5.41) is 34.7. The molecule has 0 amide bonds. The lowest BCUT2D eigenvalue weighted by Gasteiger charge is -2.29. The molecule has 0 aromatic heterocycles. The van der Waals surface area contributed by atoms with Crippen LogP contribution < -0.4 is 5.73 Å². The van der Waals surface area contributed by atoms with E-state index in [9.17, 15) is 19.2 Å². The van der Waals surface area contributed by atoms with Crippen LogP contribution in [0, 0.1) is 0 Å². The molecule has 21 heavy (non-hydrogen) atoms. The van der Waals surface area contributed by atoms with Gasteiger partial charge in [0.2, 0.25) is 0 Å². The van der Waals surface area contributed by atoms with E-state index in [0.717, 1.165) is 9.80 Å². The maximum absolute atomic E-state index is 10.6. The third kappa shape index (κ3) is 9.32. The summed E-state index contributed by atoms with van der Waals surface area (Å²) in [4.78, 5) is 44.4. The summed E-state index contributed by atoms with van der Waals surface area (Å²) in [5.74, 6) is -5.19. The molecule has 6 N–H and O–H groups in total. The van der Waals surface area contributed by atoms with Crippen molar-refractivity contribution in [1.29, 1.82) is 0 Å². The van der Waals surface area contributed by atoms with Crippen LogP contribution >= 0.6 is 0 Å². The number of rotatable bonds is 11. The second-order valence-electron chi connectivity index (χ2n) is 4.22. The van der Waals surface area contributed by atoms with Crippen LogP contribution in [0.15, 0.2) is 0 Å². The van der Waals surface area contributed by atoms with E-state index in [2.05, 4.69) is 0 Å². The first kappa shape index (κ1) is 18.8. The van der Waals surface area contributed by atoms with Gasteiger partial charge < -0.3 is 26.2 Å². The number of hydrogen-bond acceptors (Lipinski definition) is 7. The summed E-state index contributed by atoms with van der Waals surface area (Å²) in [7, 11) is 0. The Balaban J connectivity index is 4.81. The van der Waals surface area contributed by atoms with Crippen LogP contribution in [0.5, 0.6) is 0 Å². The molecule has 0 aliphatic heterocycles. The van der Waals surface area contributed by atoms with E-state index in [4.69, 9.17) is 26.2 Å². The van der Waals surface area contributed by atoms with Gasteiger partial charge in [-0.3, -0.25) is 29.0 Å². The number of nitrogens with two attached hydrogens (primary N) is 1. The van der Waals surface area contributed by atoms with Crippen LogP contribution in [0.25, 0.3) is 0 Å². The van der Waals surface area contributed by atoms with E-state index < -0.39 is 56.2 Å². The molecule has 0 saturated carbocycles. The highest BCUT2D eigenvalue weighted by Crippen LogP contribution is 1.99. The zero-order valence-corrected chi connectivity index (χ0v) is 11.0. The van der Waals surface area contributed by atoms with Crippen LogP contribution in [0.2, 0.25) is 0 Å². The van der Waals surface area contributed by atoms with Crippen molar-refractivity contribution in [2.45, 2.75) is 6.17 Å². The van der Waals surface area contributed by atoms with E-state index in [1.165, 1.54) is 0 Å². The summed E-state index contributed by atoms with van der Waals surface area (Å²) in [5.41, 5.74) is 5.64. The van der Waals surface area contributed by atoms with Gasteiger partial charge in [0, 0.05) is 6.54 Å². The quantitative estimate of drug-likeness (QED) is 0.249. The van der Waals surface area contributed by atoms with Crippen LogP contribution in [0.4, 0.5) is 0 Å². The van der Waals surface area contributed by atoms with E-state index in [0.29, 0.717) is 0 Å². The largest absolute Gasteiger partial charge is 0.480 e. The summed E-state index contributed by atoms with van der Waals surface area (Å²) >= 11 is 0. The second kappa shape index (κ2) is 8.84. The Labute approximate surface area is 119 Å². The van der Waals surface area contributed by atoms with Crippen LogP contribution in [0.1, 0.15) is 0 Å². The molecule has 0 heterocycles. The molecule has 11 nitrogen and oxygen atoms in total. The minimum atomic E-state index is -1.31. The number of hydrogen-bond donors (Lipinski definition) is 5. The molecule has 1 atom stereocenters. The molecular weight excluding hydrogens is 290 g/mol. The van der Waals surface area contributed by atoms with Crippen molar-refractivity contribution in [3.63, 3.8) is 0 Å². The van der Waals surface area contributed by atoms with Crippen molar-refractivity contribution in [2.75, 3.05) is 32.7 Å². The van der Waals surface area contributed by atoms with Gasteiger partial charge in [-0.1, -0.05) is 0 Å². The normalized spacial score (nSPS) is 12.3. The van der Waals surface area contributed by atoms with Crippen molar-refractivity contribution >= 4 is 23.9 Å². The Bertz CT molecular complexity index is 381. The topological polar surface area (TPSA) is 182 Å². The Hall–Kier alpha value is -2.24. The van der Waals surface area contributed by atoms with E-state index in [1.54, 1.807) is 0 Å². The molecule has 0 bridgehead atoms. The van der Waals surface area contributed by atoms with Crippen molar-refractivity contribution in [2.24, 2.45) is 5.73 Å². The average Bonchev–Trinajstić information content (AvgIpc) is 2.24. The van der Waals surface area contributed by atoms with Gasteiger partial charge in [-0.15, -0.1) is 0 Å². The fourth-order valence-electron chi connectivity index (χ4n) is 1.59. The fourth-order valence-corrected chi connectivity index (χ4v) is 1.59. The molecule has 120 valence electrons. The maximum Gasteiger partial charge on any atom is 0.317 e. The summed E-state index contributed by atoms with van der Waals surface area (Å²) in [6.45, 7) is -2.87. The highest BCUT2D eigenvalue weighted by atomic mass is 16.4. The predicted octanol–water partition coefficient (Wildman–Crippen LogP) is -2.79. The Morgan fingerprint density at radius 2 is 1.10 bits per heavy atom. The molecule has 0 radical (unpaired) electrons. The fraction of sp³-hybridized carbons (Fsp3) is 0.600. The molecule has 0 aliphatic rings. The van der Waals surface area contributed by atoms with Gasteiger partial charge in [0.15, 0.2) is 0 Å². The van der Waals surface area contributed by atoms with Gasteiger partial charge in [-0.25, -0.2) is 0 Å². The first-order valence-electron chi connectivity index (χ1n) is 5.71. The zero-order chi connectivity index (χ0) is 16.6. The number of aliphatic carboxylic acids is 4. The van der Waals surface area contributed by atoms with Crippen LogP contribution in [0.3, 0.4) is 0 Å². The highest BCUT2D eigenvalue weighted by molar-refractivity contribution is 5.73. The number of carboxylic acid groups (broad SMARTS) is 4. The molecule has 0 aromatic carbocycles. The van der Waals surface area contributed by atoms with Gasteiger partial charge >= 0.3 is 23.9 Å². The van der Waals surface area contributed by atoms with Gasteiger partial charge in [0.1, 0.15) is 0 Å². The molecule has 0 aromatic rings. The zero-order valence-electron chi connectivity index (χ0n) is 11.0. The number of carboxylic acids is 4. The van der Waals surface area contributed by atoms with Gasteiger partial charge in [-0.2, -0.15) is 0 Å². The molecule has 11 heteroatoms. The van der Waals surface area contributed by atoms with Crippen LogP contribution in [-0.2, 0) is 19.2 Å². The Kier molecular flexibility index (Phi) is 7.89. The lowest BCUT2D eigenvalue weighted by Crippen LogP contribution is -2.54. The van der Waals surface area contributed by atoms with E-state index >= 15 is 0 Å². The summed E-state index contributed by atoms with van der Waals surface area (Å²) < 4.78 is 0. The third-order valence-electron chi connectivity index (χ3n) is 2.31. The van der Waals surface area contributed by atoms with Crippen molar-refractivity contribution < 1.29 is 39.6 Å². The minimum absolute atomic E-state index is 0.306. The Morgan fingerprint density at radius 3 is 1.38 bits per heavy atom. The van der Waals surface area contributed by atoms with Crippen LogP contribution in [-0.4, -0.2) is 93.0 Å². The highest BCUT2D eigenvalue weighted by Gasteiger charge is 2.24. The van der Waals surface area contributed by atoms with Crippen molar-refractivity contribution in [1.82, 2.24) is 9.80 Å². The first-order valence-corrected chi connectivity index (χ1v) is 5.71. The average molecular weight is 307 g/mol. The Morgan fingerprint density at radius 1 is 0.762 bits per heavy atom. The second-order valence-corrected chi connectivity index (χ2v) is 4.22. The molecule has 1 unspecified atom stereocenters. The molecule has 0 saturated heterocycles. The van der Waals surface area contributed by atoms with Crippen molar-refractivity contribution in [3.05, 3.63) is 0 Å². The molecule has 0 rings (SSSR count). The van der Waals surface area contributed by atoms with E-state index in [-0.39, 0.29) is 6.54 Å². The monoisotopic (exact) mass is 307 g/mol. The third-order valence-corrected chi connectivity index (χ3v) is 2.31. The first-order chi connectivity index (χ1) is 9.61. The number of carbonyl (C=O) groups is 4. The maximum atomic E-state index is 10.6. The lowest BCUT2D eigenvalue weighted by molar-refractivity contribution is -0.146. The standard InChI is InChI=1S/C10H17N3O8/c11-6(13(4-9(18)19)5-10(20)21)1-12(2-7(14)15)3-8(16)17/h6H,1-5,11H2,(H,14,15)(H,16,17)(H,18,19)(H,20,21). The smallest absolute Gasteiger partial charge is 0.317 e. The molecule has 0 fully saturated rings. The van der Waals surface area contributed by atoms with Gasteiger partial charge in [-0.05, 0) is 0 Å². The van der Waals surface area contributed by atoms with Gasteiger partial charge in [0.05, 0.1) is 32.3 Å². The number of nitrogens with zero attached hydrogens (tertiary/aromatic N) is 2. The summed E-state index contributed by atoms with van der Waals surface area (Å²) in [6.07, 6.45) is -1.14. The molecule has 0 aliphatic carbocycles. The van der Waals surface area contributed by atoms with Crippen molar-refractivity contribution in [3.8, 4) is 0 Å². The molecular formula is C10H17N3O8.